The Kier molecular flexibility index (Phi) is 3.70. The Morgan fingerprint density at radius 3 is 2.83 bits per heavy atom. The van der Waals surface area contributed by atoms with Gasteiger partial charge in [-0.3, -0.25) is 9.69 Å². The Bertz CT molecular complexity index is 920. The van der Waals surface area contributed by atoms with Gasteiger partial charge < -0.3 is 11.5 Å². The third-order valence-electron chi connectivity index (χ3n) is 4.42. The van der Waals surface area contributed by atoms with Gasteiger partial charge in [0.1, 0.15) is 9.71 Å². The molecule has 0 atom stereocenters. The molecule has 0 radical (unpaired) electrons. The first kappa shape index (κ1) is 15.1. The number of primary amides is 1. The summed E-state index contributed by atoms with van der Waals surface area (Å²) in [6.45, 7) is 2.74. The largest absolute Gasteiger partial charge is 0.397 e. The molecular weight excluding hydrogens is 320 g/mol. The fourth-order valence-corrected chi connectivity index (χ4v) is 4.16. The molecule has 0 bridgehead atoms. The van der Waals surface area contributed by atoms with Gasteiger partial charge in [-0.2, -0.15) is 0 Å². The fraction of sp³-hybridized carbons (Fsp3) is 0.222. The average Bonchev–Trinajstić information content (AvgIpc) is 2.90. The summed E-state index contributed by atoms with van der Waals surface area (Å²) >= 11 is 1.28. The summed E-state index contributed by atoms with van der Waals surface area (Å²) in [5.74, 6) is -0.487. The van der Waals surface area contributed by atoms with Crippen LogP contribution in [0.25, 0.3) is 10.2 Å². The van der Waals surface area contributed by atoms with E-state index in [1.165, 1.54) is 22.5 Å². The second kappa shape index (κ2) is 5.89. The van der Waals surface area contributed by atoms with E-state index in [2.05, 4.69) is 35.2 Å². The predicted octanol–water partition coefficient (Wildman–Crippen LogP) is 2.54. The third kappa shape index (κ3) is 2.64. The smallest absolute Gasteiger partial charge is 0.260 e. The number of nitrogen functional groups attached to an aromatic ring is 1. The summed E-state index contributed by atoms with van der Waals surface area (Å²) in [7, 11) is 0. The topological polar surface area (TPSA) is 85.2 Å². The Hall–Kier alpha value is -2.44. The first-order valence-corrected chi connectivity index (χ1v) is 8.70. The highest BCUT2D eigenvalue weighted by molar-refractivity contribution is 7.21. The standard InChI is InChI=1S/C18H18N4OS/c19-15-13-8-12-10-22(9-11-4-2-1-3-5-11)7-6-14(12)21-18(13)24-16(15)17(20)23/h1-5,8H,6-7,9-10,19H2,(H2,20,23). The van der Waals surface area contributed by atoms with Gasteiger partial charge in [-0.05, 0) is 17.2 Å². The number of rotatable bonds is 3. The SMILES string of the molecule is NC(=O)c1sc2nc3c(cc2c1N)CN(Cc1ccccc1)CC3. The van der Waals surface area contributed by atoms with Gasteiger partial charge in [-0.15, -0.1) is 11.3 Å². The lowest BCUT2D eigenvalue weighted by atomic mass is 10.0. The minimum absolute atomic E-state index is 0.404. The van der Waals surface area contributed by atoms with Crippen molar-refractivity contribution in [3.63, 3.8) is 0 Å². The summed E-state index contributed by atoms with van der Waals surface area (Å²) < 4.78 is 0. The van der Waals surface area contributed by atoms with E-state index in [0.717, 1.165) is 42.0 Å². The van der Waals surface area contributed by atoms with Gasteiger partial charge >= 0.3 is 0 Å². The number of nitrogens with zero attached hydrogens (tertiary/aromatic N) is 2. The molecule has 6 heteroatoms. The molecule has 0 fully saturated rings. The van der Waals surface area contributed by atoms with Gasteiger partial charge in [0.15, 0.2) is 0 Å². The zero-order valence-corrected chi connectivity index (χ0v) is 14.0. The maximum atomic E-state index is 11.5. The van der Waals surface area contributed by atoms with E-state index in [1.54, 1.807) is 0 Å². The molecule has 3 heterocycles. The Morgan fingerprint density at radius 2 is 2.08 bits per heavy atom. The molecule has 0 aliphatic carbocycles. The molecule has 1 aliphatic heterocycles. The quantitative estimate of drug-likeness (QED) is 0.768. The van der Waals surface area contributed by atoms with Crippen LogP contribution >= 0.6 is 11.3 Å². The normalized spacial score (nSPS) is 14.7. The second-order valence-corrected chi connectivity index (χ2v) is 7.10. The number of hydrogen-bond donors (Lipinski definition) is 2. The number of pyridine rings is 1. The number of benzene rings is 1. The summed E-state index contributed by atoms with van der Waals surface area (Å²) in [5.41, 5.74) is 15.5. The van der Waals surface area contributed by atoms with Crippen LogP contribution in [0.3, 0.4) is 0 Å². The van der Waals surface area contributed by atoms with Gasteiger partial charge in [-0.1, -0.05) is 30.3 Å². The number of carbonyl (C=O) groups excluding carboxylic acids is 1. The molecule has 5 nitrogen and oxygen atoms in total. The van der Waals surface area contributed by atoms with Crippen LogP contribution < -0.4 is 11.5 Å². The van der Waals surface area contributed by atoms with Gasteiger partial charge in [0.2, 0.25) is 0 Å². The molecule has 122 valence electrons. The maximum Gasteiger partial charge on any atom is 0.260 e. The van der Waals surface area contributed by atoms with Gasteiger partial charge in [0.05, 0.1) is 5.69 Å². The summed E-state index contributed by atoms with van der Waals surface area (Å²) in [6, 6.07) is 12.5. The molecule has 0 spiro atoms. The fourth-order valence-electron chi connectivity index (χ4n) is 3.22. The molecule has 0 unspecified atom stereocenters. The summed E-state index contributed by atoms with van der Waals surface area (Å²) in [5, 5.41) is 0.842. The Labute approximate surface area is 143 Å². The first-order valence-electron chi connectivity index (χ1n) is 7.88. The van der Waals surface area contributed by atoms with Crippen LogP contribution in [0.2, 0.25) is 0 Å². The van der Waals surface area contributed by atoms with E-state index < -0.39 is 5.91 Å². The third-order valence-corrected chi connectivity index (χ3v) is 5.55. The molecule has 0 saturated carbocycles. The molecule has 4 rings (SSSR count). The second-order valence-electron chi connectivity index (χ2n) is 6.10. The molecular formula is C18H18N4OS. The first-order chi connectivity index (χ1) is 11.6. The monoisotopic (exact) mass is 338 g/mol. The van der Waals surface area contributed by atoms with Crippen molar-refractivity contribution >= 4 is 33.1 Å². The van der Waals surface area contributed by atoms with Crippen molar-refractivity contribution in [3.05, 3.63) is 58.1 Å². The number of fused-ring (bicyclic) bond motifs is 2. The molecule has 4 N–H and O–H groups in total. The molecule has 2 aromatic heterocycles. The number of nitrogens with two attached hydrogens (primary N) is 2. The predicted molar refractivity (Wildman–Crippen MR) is 96.8 cm³/mol. The van der Waals surface area contributed by atoms with Gasteiger partial charge in [0.25, 0.3) is 5.91 Å². The highest BCUT2D eigenvalue weighted by Gasteiger charge is 2.21. The van der Waals surface area contributed by atoms with Crippen molar-refractivity contribution in [2.45, 2.75) is 19.5 Å². The van der Waals surface area contributed by atoms with Crippen LogP contribution in [-0.2, 0) is 19.5 Å². The maximum absolute atomic E-state index is 11.5. The van der Waals surface area contributed by atoms with Crippen molar-refractivity contribution in [2.75, 3.05) is 12.3 Å². The van der Waals surface area contributed by atoms with Crippen molar-refractivity contribution in [3.8, 4) is 0 Å². The Morgan fingerprint density at radius 1 is 1.29 bits per heavy atom. The van der Waals surface area contributed by atoms with Crippen LogP contribution in [0.5, 0.6) is 0 Å². The number of amides is 1. The molecule has 1 aliphatic rings. The van der Waals surface area contributed by atoms with Crippen LogP contribution in [0, 0.1) is 0 Å². The summed E-state index contributed by atoms with van der Waals surface area (Å²) in [4.78, 5) is 19.8. The molecule has 24 heavy (non-hydrogen) atoms. The lowest BCUT2D eigenvalue weighted by Gasteiger charge is -2.28. The lowest BCUT2D eigenvalue weighted by Crippen LogP contribution is -2.30. The van der Waals surface area contributed by atoms with E-state index in [-0.39, 0.29) is 0 Å². The van der Waals surface area contributed by atoms with Crippen LogP contribution in [0.15, 0.2) is 36.4 Å². The molecule has 0 saturated heterocycles. The van der Waals surface area contributed by atoms with Gasteiger partial charge in [0, 0.05) is 37.1 Å². The zero-order chi connectivity index (χ0) is 16.7. The molecule has 1 aromatic carbocycles. The lowest BCUT2D eigenvalue weighted by molar-refractivity contribution is 0.100. The Balaban J connectivity index is 1.65. The van der Waals surface area contributed by atoms with Crippen molar-refractivity contribution in [2.24, 2.45) is 5.73 Å². The number of hydrogen-bond acceptors (Lipinski definition) is 5. The van der Waals surface area contributed by atoms with E-state index in [9.17, 15) is 4.79 Å². The molecule has 1 amide bonds. The number of aromatic nitrogens is 1. The highest BCUT2D eigenvalue weighted by atomic mass is 32.1. The van der Waals surface area contributed by atoms with E-state index in [1.807, 2.05) is 6.07 Å². The van der Waals surface area contributed by atoms with E-state index in [0.29, 0.717) is 10.6 Å². The van der Waals surface area contributed by atoms with Gasteiger partial charge in [-0.25, -0.2) is 4.98 Å². The van der Waals surface area contributed by atoms with E-state index in [4.69, 9.17) is 16.5 Å². The summed E-state index contributed by atoms with van der Waals surface area (Å²) in [6.07, 6.45) is 0.905. The minimum atomic E-state index is -0.487. The van der Waals surface area contributed by atoms with Crippen LogP contribution in [0.4, 0.5) is 5.69 Å². The van der Waals surface area contributed by atoms with Crippen molar-refractivity contribution in [1.82, 2.24) is 9.88 Å². The van der Waals surface area contributed by atoms with Crippen LogP contribution in [0.1, 0.15) is 26.5 Å². The number of thiophene rings is 1. The van der Waals surface area contributed by atoms with E-state index >= 15 is 0 Å². The van der Waals surface area contributed by atoms with Crippen molar-refractivity contribution < 1.29 is 4.79 Å². The van der Waals surface area contributed by atoms with Crippen molar-refractivity contribution in [1.29, 1.82) is 0 Å². The average molecular weight is 338 g/mol. The molecule has 3 aromatic rings. The zero-order valence-electron chi connectivity index (χ0n) is 13.2. The number of anilines is 1. The number of carbonyl (C=O) groups is 1. The highest BCUT2D eigenvalue weighted by Crippen LogP contribution is 2.34. The van der Waals surface area contributed by atoms with Crippen LogP contribution in [-0.4, -0.2) is 22.3 Å². The minimum Gasteiger partial charge on any atom is -0.397 e.